The van der Waals surface area contributed by atoms with Crippen molar-refractivity contribution in [2.75, 3.05) is 18.1 Å². The van der Waals surface area contributed by atoms with Crippen LogP contribution in [0.25, 0.3) is 11.0 Å². The minimum atomic E-state index is -3.04. The summed E-state index contributed by atoms with van der Waals surface area (Å²) in [6, 6.07) is 5.10. The molecule has 3 rings (SSSR count). The molecule has 2 aromatic rings. The fourth-order valence-corrected chi connectivity index (χ4v) is 5.06. The first-order valence-electron chi connectivity index (χ1n) is 9.07. The molecule has 6 nitrogen and oxygen atoms in total. The smallest absolute Gasteiger partial charge is 0.254 e. The van der Waals surface area contributed by atoms with Crippen molar-refractivity contribution in [3.63, 3.8) is 0 Å². The lowest BCUT2D eigenvalue weighted by Crippen LogP contribution is -2.41. The van der Waals surface area contributed by atoms with Crippen LogP contribution in [0.3, 0.4) is 0 Å². The van der Waals surface area contributed by atoms with E-state index in [0.29, 0.717) is 24.0 Å². The normalized spacial score (nSPS) is 19.0. The zero-order valence-corrected chi connectivity index (χ0v) is 16.3. The molecule has 1 atom stereocenters. The Morgan fingerprint density at radius 1 is 1.19 bits per heavy atom. The molecule has 0 spiro atoms. The molecule has 7 heteroatoms. The predicted octanol–water partition coefficient (Wildman–Crippen LogP) is 2.68. The zero-order valence-electron chi connectivity index (χ0n) is 15.5. The number of amides is 1. The monoisotopic (exact) mass is 375 g/mol. The molecule has 1 aliphatic heterocycles. The van der Waals surface area contributed by atoms with Gasteiger partial charge in [-0.15, -0.1) is 0 Å². The van der Waals surface area contributed by atoms with Crippen molar-refractivity contribution in [3.05, 3.63) is 35.2 Å². The Morgan fingerprint density at radius 2 is 1.88 bits per heavy atom. The number of nitrogens with zero attached hydrogens (tertiary/aromatic N) is 3. The maximum absolute atomic E-state index is 13.1. The first kappa shape index (κ1) is 18.8. The molecule has 1 fully saturated rings. The molecule has 140 valence electrons. The molecule has 1 aromatic carbocycles. The van der Waals surface area contributed by atoms with Crippen molar-refractivity contribution in [2.45, 2.75) is 46.1 Å². The standard InChI is InChI=1S/C19H25N3O3S/c1-4-5-9-22(16-8-10-26(24,25)12-16)19(23)15-6-7-17-18(11-15)21-14(3)13(2)20-17/h6-7,11,16H,4-5,8-10,12H2,1-3H3. The summed E-state index contributed by atoms with van der Waals surface area (Å²) < 4.78 is 23.7. The molecule has 26 heavy (non-hydrogen) atoms. The Balaban J connectivity index is 1.93. The first-order valence-corrected chi connectivity index (χ1v) is 10.9. The van der Waals surface area contributed by atoms with E-state index in [0.717, 1.165) is 29.7 Å². The number of aromatic nitrogens is 2. The van der Waals surface area contributed by atoms with Gasteiger partial charge in [0.1, 0.15) is 0 Å². The van der Waals surface area contributed by atoms with Crippen LogP contribution in [0.1, 0.15) is 47.9 Å². The van der Waals surface area contributed by atoms with E-state index in [1.165, 1.54) is 0 Å². The fourth-order valence-electron chi connectivity index (χ4n) is 3.33. The lowest BCUT2D eigenvalue weighted by molar-refractivity contribution is 0.0694. The molecule has 0 N–H and O–H groups in total. The van der Waals surface area contributed by atoms with Gasteiger partial charge in [0.2, 0.25) is 0 Å². The van der Waals surface area contributed by atoms with Crippen molar-refractivity contribution < 1.29 is 13.2 Å². The SMILES string of the molecule is CCCCN(C(=O)c1ccc2nc(C)c(C)nc2c1)C1CCS(=O)(=O)C1. The number of sulfone groups is 1. The van der Waals surface area contributed by atoms with Crippen molar-refractivity contribution in [1.82, 2.24) is 14.9 Å². The number of hydrogen-bond donors (Lipinski definition) is 0. The molecule has 0 saturated carbocycles. The number of carbonyl (C=O) groups excluding carboxylic acids is 1. The van der Waals surface area contributed by atoms with Gasteiger partial charge in [0.05, 0.1) is 33.9 Å². The van der Waals surface area contributed by atoms with E-state index >= 15 is 0 Å². The van der Waals surface area contributed by atoms with Crippen LogP contribution >= 0.6 is 0 Å². The number of carbonyl (C=O) groups is 1. The highest BCUT2D eigenvalue weighted by atomic mass is 32.2. The van der Waals surface area contributed by atoms with Gasteiger partial charge in [-0.2, -0.15) is 0 Å². The van der Waals surface area contributed by atoms with Crippen molar-refractivity contribution in [2.24, 2.45) is 0 Å². The second-order valence-corrected chi connectivity index (χ2v) is 9.24. The molecule has 0 bridgehead atoms. The zero-order chi connectivity index (χ0) is 18.9. The van der Waals surface area contributed by atoms with Crippen LogP contribution in [0.4, 0.5) is 0 Å². The van der Waals surface area contributed by atoms with E-state index in [1.807, 2.05) is 19.9 Å². The van der Waals surface area contributed by atoms with E-state index in [2.05, 4.69) is 16.9 Å². The molecular weight excluding hydrogens is 350 g/mol. The molecule has 0 radical (unpaired) electrons. The van der Waals surface area contributed by atoms with Gasteiger partial charge in [0.25, 0.3) is 5.91 Å². The summed E-state index contributed by atoms with van der Waals surface area (Å²) in [7, 11) is -3.04. The number of unbranched alkanes of at least 4 members (excludes halogenated alkanes) is 1. The minimum Gasteiger partial charge on any atom is -0.335 e. The van der Waals surface area contributed by atoms with Crippen LogP contribution in [0.5, 0.6) is 0 Å². The van der Waals surface area contributed by atoms with Crippen LogP contribution in [0, 0.1) is 13.8 Å². The number of rotatable bonds is 5. The summed E-state index contributed by atoms with van der Waals surface area (Å²) in [5.74, 6) is 0.103. The van der Waals surface area contributed by atoms with E-state index < -0.39 is 9.84 Å². The number of aryl methyl sites for hydroxylation is 2. The lowest BCUT2D eigenvalue weighted by Gasteiger charge is -2.28. The van der Waals surface area contributed by atoms with Crippen LogP contribution in [0.15, 0.2) is 18.2 Å². The van der Waals surface area contributed by atoms with E-state index in [4.69, 9.17) is 0 Å². The highest BCUT2D eigenvalue weighted by Gasteiger charge is 2.34. The van der Waals surface area contributed by atoms with Gasteiger partial charge in [0, 0.05) is 18.2 Å². The lowest BCUT2D eigenvalue weighted by atomic mass is 10.1. The molecular formula is C19H25N3O3S. The highest BCUT2D eigenvalue weighted by Crippen LogP contribution is 2.22. The molecule has 1 aliphatic rings. The summed E-state index contributed by atoms with van der Waals surface area (Å²) >= 11 is 0. The largest absolute Gasteiger partial charge is 0.335 e. The van der Waals surface area contributed by atoms with E-state index in [-0.39, 0.29) is 23.5 Å². The summed E-state index contributed by atoms with van der Waals surface area (Å²) in [4.78, 5) is 23.9. The Labute approximate surface area is 154 Å². The van der Waals surface area contributed by atoms with E-state index in [9.17, 15) is 13.2 Å². The van der Waals surface area contributed by atoms with E-state index in [1.54, 1.807) is 17.0 Å². The van der Waals surface area contributed by atoms with Gasteiger partial charge >= 0.3 is 0 Å². The Hall–Kier alpha value is -2.02. The predicted molar refractivity (Wildman–Crippen MR) is 102 cm³/mol. The van der Waals surface area contributed by atoms with Gasteiger partial charge in [-0.25, -0.2) is 18.4 Å². The van der Waals surface area contributed by atoms with Gasteiger partial charge in [0.15, 0.2) is 9.84 Å². The first-order chi connectivity index (χ1) is 12.3. The molecule has 1 saturated heterocycles. The number of fused-ring (bicyclic) bond motifs is 1. The van der Waals surface area contributed by atoms with Gasteiger partial charge in [-0.1, -0.05) is 13.3 Å². The Morgan fingerprint density at radius 3 is 2.50 bits per heavy atom. The molecule has 0 aliphatic carbocycles. The molecule has 1 unspecified atom stereocenters. The van der Waals surface area contributed by atoms with Crippen LogP contribution in [-0.2, 0) is 9.84 Å². The molecule has 1 amide bonds. The van der Waals surface area contributed by atoms with Gasteiger partial charge in [-0.05, 0) is 44.9 Å². The average molecular weight is 375 g/mol. The minimum absolute atomic E-state index is 0.0636. The molecule has 1 aromatic heterocycles. The van der Waals surface area contributed by atoms with Crippen LogP contribution in [0.2, 0.25) is 0 Å². The topological polar surface area (TPSA) is 80.2 Å². The summed E-state index contributed by atoms with van der Waals surface area (Å²) in [6.07, 6.45) is 2.32. The van der Waals surface area contributed by atoms with Crippen molar-refractivity contribution in [1.29, 1.82) is 0 Å². The highest BCUT2D eigenvalue weighted by molar-refractivity contribution is 7.91. The fraction of sp³-hybridized carbons (Fsp3) is 0.526. The third-order valence-electron chi connectivity index (χ3n) is 4.98. The summed E-state index contributed by atoms with van der Waals surface area (Å²) in [6.45, 7) is 6.44. The molecule has 2 heterocycles. The summed E-state index contributed by atoms with van der Waals surface area (Å²) in [5, 5.41) is 0. The Kier molecular flexibility index (Phi) is 5.27. The maximum atomic E-state index is 13.1. The van der Waals surface area contributed by atoms with Crippen LogP contribution in [-0.4, -0.2) is 53.3 Å². The van der Waals surface area contributed by atoms with Gasteiger partial charge < -0.3 is 4.90 Å². The van der Waals surface area contributed by atoms with Crippen molar-refractivity contribution >= 4 is 26.8 Å². The van der Waals surface area contributed by atoms with Gasteiger partial charge in [-0.3, -0.25) is 4.79 Å². The third-order valence-corrected chi connectivity index (χ3v) is 6.74. The maximum Gasteiger partial charge on any atom is 0.254 e. The second kappa shape index (κ2) is 7.31. The third kappa shape index (κ3) is 3.87. The van der Waals surface area contributed by atoms with Crippen molar-refractivity contribution in [3.8, 4) is 0 Å². The second-order valence-electron chi connectivity index (χ2n) is 7.01. The number of hydrogen-bond acceptors (Lipinski definition) is 5. The van der Waals surface area contributed by atoms with Crippen LogP contribution < -0.4 is 0 Å². The Bertz CT molecular complexity index is 940. The summed E-state index contributed by atoms with van der Waals surface area (Å²) in [5.41, 5.74) is 3.70. The number of benzene rings is 1. The average Bonchev–Trinajstić information content (AvgIpc) is 2.95. The quantitative estimate of drug-likeness (QED) is 0.803.